The van der Waals surface area contributed by atoms with E-state index in [-0.39, 0.29) is 5.15 Å². The molecule has 3 heterocycles. The molecule has 2 aromatic heterocycles. The number of carbonyl (C=O) groups excluding carboxylic acids is 1. The largest absolute Gasteiger partial charge is 0.465 e. The number of esters is 1. The molecule has 2 aromatic rings. The van der Waals surface area contributed by atoms with Crippen LogP contribution < -0.4 is 9.80 Å². The number of aromatic nitrogens is 2. The molecule has 0 atom stereocenters. The molecule has 9 heteroatoms. The molecule has 1 saturated heterocycles. The van der Waals surface area contributed by atoms with Gasteiger partial charge in [-0.2, -0.15) is 0 Å². The molecule has 0 amide bonds. The summed E-state index contributed by atoms with van der Waals surface area (Å²) in [5, 5.41) is 2.05. The Balaban J connectivity index is 1.68. The van der Waals surface area contributed by atoms with Gasteiger partial charge in [0.25, 0.3) is 0 Å². The number of rotatable bonds is 3. The quantitative estimate of drug-likeness (QED) is 0.772. The topological polar surface area (TPSA) is 58.6 Å². The molecule has 0 spiro atoms. The summed E-state index contributed by atoms with van der Waals surface area (Å²) in [6.45, 7) is 7.52. The predicted molar refractivity (Wildman–Crippen MR) is 94.5 cm³/mol. The molecule has 0 aliphatic carbocycles. The number of anilines is 2. The summed E-state index contributed by atoms with van der Waals surface area (Å²) < 4.78 is 4.72. The Morgan fingerprint density at radius 3 is 2.13 bits per heavy atom. The number of carbonyl (C=O) groups is 1. The molecule has 6 nitrogen and oxygen atoms in total. The van der Waals surface area contributed by atoms with E-state index in [0.29, 0.717) is 4.88 Å². The van der Waals surface area contributed by atoms with Gasteiger partial charge in [0.05, 0.1) is 12.8 Å². The molecular formula is C14H17ClN4O2S2. The molecular weight excluding hydrogens is 356 g/mol. The van der Waals surface area contributed by atoms with Crippen LogP contribution in [0.3, 0.4) is 0 Å². The summed E-state index contributed by atoms with van der Waals surface area (Å²) >= 11 is 9.05. The van der Waals surface area contributed by atoms with Crippen LogP contribution >= 0.6 is 34.3 Å². The van der Waals surface area contributed by atoms with E-state index >= 15 is 0 Å². The van der Waals surface area contributed by atoms with Gasteiger partial charge in [-0.3, -0.25) is 0 Å². The number of hydrogen-bond acceptors (Lipinski definition) is 8. The van der Waals surface area contributed by atoms with E-state index in [2.05, 4.69) is 26.7 Å². The first-order valence-corrected chi connectivity index (χ1v) is 9.19. The molecule has 0 saturated carbocycles. The summed E-state index contributed by atoms with van der Waals surface area (Å²) in [7, 11) is 1.34. The molecule has 124 valence electrons. The van der Waals surface area contributed by atoms with Gasteiger partial charge in [0.15, 0.2) is 20.3 Å². The molecule has 1 aliphatic heterocycles. The Morgan fingerprint density at radius 1 is 1.09 bits per heavy atom. The van der Waals surface area contributed by atoms with E-state index in [1.165, 1.54) is 23.3 Å². The predicted octanol–water partition coefficient (Wildman–Crippen LogP) is 2.98. The number of hydrogen-bond donors (Lipinski definition) is 0. The van der Waals surface area contributed by atoms with Gasteiger partial charge in [0.1, 0.15) is 0 Å². The van der Waals surface area contributed by atoms with Gasteiger partial charge in [-0.15, -0.1) is 11.3 Å². The molecule has 0 unspecified atom stereocenters. The standard InChI is InChI=1S/C14H17ClN4O2S2/c1-8-9(2)22-13(16-8)18-4-6-19(7-5-18)14-17-11(15)10(23-14)12(20)21-3/h4-7H2,1-3H3. The smallest absolute Gasteiger partial charge is 0.351 e. The number of nitrogens with zero attached hydrogens (tertiary/aromatic N) is 4. The SMILES string of the molecule is COC(=O)c1sc(N2CCN(c3nc(C)c(C)s3)CC2)nc1Cl. The van der Waals surface area contributed by atoms with Crippen LogP contribution in [-0.4, -0.2) is 49.2 Å². The van der Waals surface area contributed by atoms with E-state index in [1.54, 1.807) is 11.3 Å². The van der Waals surface area contributed by atoms with Crippen LogP contribution in [0.25, 0.3) is 0 Å². The van der Waals surface area contributed by atoms with Gasteiger partial charge >= 0.3 is 5.97 Å². The number of halogens is 1. The molecule has 1 fully saturated rings. The lowest BCUT2D eigenvalue weighted by atomic mass is 10.3. The highest BCUT2D eigenvalue weighted by molar-refractivity contribution is 7.18. The minimum atomic E-state index is -0.439. The lowest BCUT2D eigenvalue weighted by Crippen LogP contribution is -2.46. The molecule has 23 heavy (non-hydrogen) atoms. The Morgan fingerprint density at radius 2 is 1.65 bits per heavy atom. The van der Waals surface area contributed by atoms with Gasteiger partial charge in [-0.25, -0.2) is 14.8 Å². The summed E-state index contributed by atoms with van der Waals surface area (Å²) in [5.41, 5.74) is 1.10. The first-order valence-electron chi connectivity index (χ1n) is 7.18. The number of ether oxygens (including phenoxy) is 1. The molecule has 0 N–H and O–H groups in total. The Kier molecular flexibility index (Phi) is 4.74. The van der Waals surface area contributed by atoms with Crippen molar-refractivity contribution < 1.29 is 9.53 Å². The van der Waals surface area contributed by atoms with Crippen molar-refractivity contribution >= 4 is 50.5 Å². The van der Waals surface area contributed by atoms with Crippen LogP contribution in [0, 0.1) is 13.8 Å². The third kappa shape index (κ3) is 3.29. The van der Waals surface area contributed by atoms with Crippen molar-refractivity contribution in [1.82, 2.24) is 9.97 Å². The lowest BCUT2D eigenvalue weighted by Gasteiger charge is -2.34. The lowest BCUT2D eigenvalue weighted by molar-refractivity contribution is 0.0606. The van der Waals surface area contributed by atoms with Crippen LogP contribution in [0.2, 0.25) is 5.15 Å². The average molecular weight is 373 g/mol. The normalized spacial score (nSPS) is 15.1. The van der Waals surface area contributed by atoms with Crippen LogP contribution in [-0.2, 0) is 4.74 Å². The molecule has 1 aliphatic rings. The molecule has 0 radical (unpaired) electrons. The minimum absolute atomic E-state index is 0.213. The van der Waals surface area contributed by atoms with Gasteiger partial charge < -0.3 is 14.5 Å². The van der Waals surface area contributed by atoms with E-state index in [0.717, 1.165) is 42.1 Å². The van der Waals surface area contributed by atoms with Gasteiger partial charge in [-0.05, 0) is 13.8 Å². The van der Waals surface area contributed by atoms with E-state index < -0.39 is 5.97 Å². The molecule has 3 rings (SSSR count). The number of piperazine rings is 1. The second kappa shape index (κ2) is 6.62. The maximum Gasteiger partial charge on any atom is 0.351 e. The Bertz CT molecular complexity index is 703. The van der Waals surface area contributed by atoms with Crippen LogP contribution in [0.4, 0.5) is 10.3 Å². The van der Waals surface area contributed by atoms with Crippen LogP contribution in [0.1, 0.15) is 20.2 Å². The Hall–Kier alpha value is -1.38. The molecule has 0 bridgehead atoms. The fourth-order valence-electron chi connectivity index (χ4n) is 2.32. The maximum absolute atomic E-state index is 11.6. The van der Waals surface area contributed by atoms with Gasteiger partial charge in [0.2, 0.25) is 0 Å². The van der Waals surface area contributed by atoms with Crippen molar-refractivity contribution in [2.24, 2.45) is 0 Å². The third-order valence-electron chi connectivity index (χ3n) is 3.78. The van der Waals surface area contributed by atoms with Crippen molar-refractivity contribution in [1.29, 1.82) is 0 Å². The van der Waals surface area contributed by atoms with Gasteiger partial charge in [0, 0.05) is 31.1 Å². The van der Waals surface area contributed by atoms with Crippen molar-refractivity contribution in [2.45, 2.75) is 13.8 Å². The zero-order valence-corrected chi connectivity index (χ0v) is 15.5. The first kappa shape index (κ1) is 16.5. The Labute approximate surface area is 147 Å². The summed E-state index contributed by atoms with van der Waals surface area (Å²) in [5.74, 6) is -0.439. The monoisotopic (exact) mass is 372 g/mol. The highest BCUT2D eigenvalue weighted by atomic mass is 35.5. The van der Waals surface area contributed by atoms with Crippen molar-refractivity contribution in [3.8, 4) is 0 Å². The number of aryl methyl sites for hydroxylation is 2. The first-order chi connectivity index (χ1) is 11.0. The van der Waals surface area contributed by atoms with Crippen LogP contribution in [0.15, 0.2) is 0 Å². The summed E-state index contributed by atoms with van der Waals surface area (Å²) in [6, 6.07) is 0. The number of thiazole rings is 2. The van der Waals surface area contributed by atoms with Crippen molar-refractivity contribution in [3.05, 3.63) is 20.6 Å². The second-order valence-electron chi connectivity index (χ2n) is 5.22. The molecule has 0 aromatic carbocycles. The fourth-order valence-corrected chi connectivity index (χ4v) is 4.54. The third-order valence-corrected chi connectivity index (χ3v) is 6.40. The van der Waals surface area contributed by atoms with Crippen LogP contribution in [0.5, 0.6) is 0 Å². The van der Waals surface area contributed by atoms with E-state index in [4.69, 9.17) is 16.3 Å². The van der Waals surface area contributed by atoms with E-state index in [9.17, 15) is 4.79 Å². The summed E-state index contributed by atoms with van der Waals surface area (Å²) in [6.07, 6.45) is 0. The maximum atomic E-state index is 11.6. The van der Waals surface area contributed by atoms with Gasteiger partial charge in [-0.1, -0.05) is 22.9 Å². The summed E-state index contributed by atoms with van der Waals surface area (Å²) in [4.78, 5) is 26.6. The fraction of sp³-hybridized carbons (Fsp3) is 0.500. The average Bonchev–Trinajstić information content (AvgIpc) is 3.10. The zero-order valence-electron chi connectivity index (χ0n) is 13.1. The van der Waals surface area contributed by atoms with Crippen molar-refractivity contribution in [2.75, 3.05) is 43.1 Å². The number of methoxy groups -OCH3 is 1. The second-order valence-corrected chi connectivity index (χ2v) is 7.74. The zero-order chi connectivity index (χ0) is 16.6. The van der Waals surface area contributed by atoms with E-state index in [1.807, 2.05) is 6.92 Å². The van der Waals surface area contributed by atoms with Crippen molar-refractivity contribution in [3.63, 3.8) is 0 Å². The minimum Gasteiger partial charge on any atom is -0.465 e. The highest BCUT2D eigenvalue weighted by Crippen LogP contribution is 2.32. The highest BCUT2D eigenvalue weighted by Gasteiger charge is 2.25.